The summed E-state index contributed by atoms with van der Waals surface area (Å²) < 4.78 is 5.41. The van der Waals surface area contributed by atoms with E-state index in [0.717, 1.165) is 57.7 Å². The van der Waals surface area contributed by atoms with Crippen LogP contribution in [0.1, 0.15) is 25.2 Å². The molecular formula is C20H26ClN5O2. The van der Waals surface area contributed by atoms with Crippen molar-refractivity contribution in [1.29, 1.82) is 0 Å². The normalized spacial score (nSPS) is 19.1. The van der Waals surface area contributed by atoms with Crippen LogP contribution in [0, 0.1) is 0 Å². The number of aromatic nitrogens is 2. The van der Waals surface area contributed by atoms with Crippen LogP contribution in [-0.4, -0.2) is 76.6 Å². The van der Waals surface area contributed by atoms with E-state index < -0.39 is 0 Å². The first-order chi connectivity index (χ1) is 13.7. The summed E-state index contributed by atoms with van der Waals surface area (Å²) in [6, 6.07) is 7.48. The Labute approximate surface area is 170 Å². The maximum atomic E-state index is 12.4. The average molecular weight is 404 g/mol. The summed E-state index contributed by atoms with van der Waals surface area (Å²) in [7, 11) is 0. The molecule has 0 atom stereocenters. The minimum Gasteiger partial charge on any atom is -0.342 e. The number of nitrogens with zero attached hydrogens (tertiary/aromatic N) is 5. The topological polar surface area (TPSA) is 65.7 Å². The molecule has 1 amide bonds. The van der Waals surface area contributed by atoms with Crippen molar-refractivity contribution in [2.45, 2.75) is 25.8 Å². The summed E-state index contributed by atoms with van der Waals surface area (Å²) >= 11 is 6.20. The standard InChI is InChI=1S/C20H26ClN5O2/c21-17-7-3-2-6-16(17)20-22-18(28-23-20)14-24-10-12-25(13-11-24)15-19(27)26-8-4-1-5-9-26/h2-3,6-7H,1,4-5,8-15H2. The maximum absolute atomic E-state index is 12.4. The molecule has 8 heteroatoms. The Morgan fingerprint density at radius 2 is 1.71 bits per heavy atom. The Morgan fingerprint density at radius 1 is 1.00 bits per heavy atom. The number of piperazine rings is 1. The molecule has 0 unspecified atom stereocenters. The third-order valence-corrected chi connectivity index (χ3v) is 5.80. The molecule has 0 bridgehead atoms. The van der Waals surface area contributed by atoms with Crippen molar-refractivity contribution in [3.05, 3.63) is 35.2 Å². The van der Waals surface area contributed by atoms with Crippen molar-refractivity contribution in [3.63, 3.8) is 0 Å². The smallest absolute Gasteiger partial charge is 0.241 e. The number of hydrogen-bond acceptors (Lipinski definition) is 6. The molecular weight excluding hydrogens is 378 g/mol. The Bertz CT molecular complexity index is 797. The molecule has 150 valence electrons. The maximum Gasteiger partial charge on any atom is 0.241 e. The number of carbonyl (C=O) groups excluding carboxylic acids is 1. The molecule has 0 N–H and O–H groups in total. The summed E-state index contributed by atoms with van der Waals surface area (Å²) in [4.78, 5) is 23.5. The van der Waals surface area contributed by atoms with Gasteiger partial charge in [-0.3, -0.25) is 14.6 Å². The van der Waals surface area contributed by atoms with Gasteiger partial charge in [0.15, 0.2) is 0 Å². The molecule has 7 nitrogen and oxygen atoms in total. The third-order valence-electron chi connectivity index (χ3n) is 5.47. The molecule has 3 heterocycles. The Balaban J connectivity index is 1.26. The molecule has 0 radical (unpaired) electrons. The zero-order valence-electron chi connectivity index (χ0n) is 16.0. The van der Waals surface area contributed by atoms with Crippen LogP contribution in [0.5, 0.6) is 0 Å². The lowest BCUT2D eigenvalue weighted by molar-refractivity contribution is -0.133. The second-order valence-corrected chi connectivity index (χ2v) is 7.89. The van der Waals surface area contributed by atoms with E-state index in [4.69, 9.17) is 16.1 Å². The van der Waals surface area contributed by atoms with Gasteiger partial charge in [0, 0.05) is 44.8 Å². The van der Waals surface area contributed by atoms with Crippen molar-refractivity contribution in [2.75, 3.05) is 45.8 Å². The van der Waals surface area contributed by atoms with Crippen LogP contribution in [0.25, 0.3) is 11.4 Å². The van der Waals surface area contributed by atoms with Gasteiger partial charge in [-0.25, -0.2) is 0 Å². The van der Waals surface area contributed by atoms with Gasteiger partial charge in [0.05, 0.1) is 18.1 Å². The summed E-state index contributed by atoms with van der Waals surface area (Å²) in [6.07, 6.45) is 3.52. The molecule has 2 saturated heterocycles. The Morgan fingerprint density at radius 3 is 2.46 bits per heavy atom. The van der Waals surface area contributed by atoms with E-state index in [-0.39, 0.29) is 5.91 Å². The highest BCUT2D eigenvalue weighted by atomic mass is 35.5. The molecule has 2 aliphatic heterocycles. The lowest BCUT2D eigenvalue weighted by Gasteiger charge is -2.35. The number of piperidine rings is 1. The van der Waals surface area contributed by atoms with E-state index in [1.54, 1.807) is 0 Å². The van der Waals surface area contributed by atoms with Crippen LogP contribution in [0.4, 0.5) is 0 Å². The predicted molar refractivity (Wildman–Crippen MR) is 107 cm³/mol. The van der Waals surface area contributed by atoms with Gasteiger partial charge in [-0.1, -0.05) is 28.9 Å². The number of hydrogen-bond donors (Lipinski definition) is 0. The number of amides is 1. The zero-order chi connectivity index (χ0) is 19.3. The van der Waals surface area contributed by atoms with Crippen LogP contribution in [-0.2, 0) is 11.3 Å². The minimum atomic E-state index is 0.273. The fourth-order valence-electron chi connectivity index (χ4n) is 3.80. The van der Waals surface area contributed by atoms with Gasteiger partial charge in [-0.2, -0.15) is 4.98 Å². The molecule has 2 aliphatic rings. The predicted octanol–water partition coefficient (Wildman–Crippen LogP) is 2.52. The molecule has 1 aromatic carbocycles. The van der Waals surface area contributed by atoms with Gasteiger partial charge >= 0.3 is 0 Å². The Kier molecular flexibility index (Phi) is 6.24. The number of halogens is 1. The lowest BCUT2D eigenvalue weighted by atomic mass is 10.1. The molecule has 2 fully saturated rings. The van der Waals surface area contributed by atoms with E-state index >= 15 is 0 Å². The van der Waals surface area contributed by atoms with Gasteiger partial charge in [-0.15, -0.1) is 0 Å². The monoisotopic (exact) mass is 403 g/mol. The molecule has 0 spiro atoms. The fraction of sp³-hybridized carbons (Fsp3) is 0.550. The summed E-state index contributed by atoms with van der Waals surface area (Å²) in [6.45, 7) is 6.52. The minimum absolute atomic E-state index is 0.273. The first-order valence-electron chi connectivity index (χ1n) is 9.99. The molecule has 0 aliphatic carbocycles. The van der Waals surface area contributed by atoms with Crippen molar-refractivity contribution in [1.82, 2.24) is 24.8 Å². The van der Waals surface area contributed by atoms with E-state index in [9.17, 15) is 4.79 Å². The second kappa shape index (κ2) is 9.03. The van der Waals surface area contributed by atoms with Crippen LogP contribution in [0.15, 0.2) is 28.8 Å². The zero-order valence-corrected chi connectivity index (χ0v) is 16.8. The fourth-order valence-corrected chi connectivity index (χ4v) is 4.02. The van der Waals surface area contributed by atoms with E-state index in [2.05, 4.69) is 19.9 Å². The van der Waals surface area contributed by atoms with E-state index in [0.29, 0.717) is 29.8 Å². The first-order valence-corrected chi connectivity index (χ1v) is 10.4. The lowest BCUT2D eigenvalue weighted by Crippen LogP contribution is -2.50. The van der Waals surface area contributed by atoms with Crippen molar-refractivity contribution in [3.8, 4) is 11.4 Å². The van der Waals surface area contributed by atoms with Crippen molar-refractivity contribution >= 4 is 17.5 Å². The van der Waals surface area contributed by atoms with Gasteiger partial charge in [-0.05, 0) is 31.4 Å². The Hall–Kier alpha value is -1.96. The highest BCUT2D eigenvalue weighted by molar-refractivity contribution is 6.33. The van der Waals surface area contributed by atoms with Crippen LogP contribution < -0.4 is 0 Å². The summed E-state index contributed by atoms with van der Waals surface area (Å²) in [5, 5.41) is 4.67. The van der Waals surface area contributed by atoms with Gasteiger partial charge in [0.2, 0.25) is 17.6 Å². The van der Waals surface area contributed by atoms with E-state index in [1.807, 2.05) is 29.2 Å². The quantitative estimate of drug-likeness (QED) is 0.764. The number of rotatable bonds is 5. The van der Waals surface area contributed by atoms with Gasteiger partial charge < -0.3 is 9.42 Å². The highest BCUT2D eigenvalue weighted by Gasteiger charge is 2.24. The summed E-state index contributed by atoms with van der Waals surface area (Å²) in [5.41, 5.74) is 0.778. The third kappa shape index (κ3) is 4.71. The number of likely N-dealkylation sites (tertiary alicyclic amines) is 1. The van der Waals surface area contributed by atoms with Gasteiger partial charge in [0.25, 0.3) is 0 Å². The number of carbonyl (C=O) groups is 1. The first kappa shape index (κ1) is 19.4. The second-order valence-electron chi connectivity index (χ2n) is 7.49. The highest BCUT2D eigenvalue weighted by Crippen LogP contribution is 2.25. The van der Waals surface area contributed by atoms with Crippen LogP contribution >= 0.6 is 11.6 Å². The molecule has 28 heavy (non-hydrogen) atoms. The SMILES string of the molecule is O=C(CN1CCN(Cc2nc(-c3ccccc3Cl)no2)CC1)N1CCCCC1. The molecule has 1 aromatic heterocycles. The average Bonchev–Trinajstić information content (AvgIpc) is 3.18. The van der Waals surface area contributed by atoms with Crippen molar-refractivity contribution < 1.29 is 9.32 Å². The van der Waals surface area contributed by atoms with Gasteiger partial charge in [0.1, 0.15) is 0 Å². The largest absolute Gasteiger partial charge is 0.342 e. The molecule has 4 rings (SSSR count). The summed E-state index contributed by atoms with van der Waals surface area (Å²) in [5.74, 6) is 1.38. The number of benzene rings is 1. The molecule has 2 aromatic rings. The molecule has 0 saturated carbocycles. The van der Waals surface area contributed by atoms with E-state index in [1.165, 1.54) is 6.42 Å². The van der Waals surface area contributed by atoms with Crippen LogP contribution in [0.3, 0.4) is 0 Å². The van der Waals surface area contributed by atoms with Crippen LogP contribution in [0.2, 0.25) is 5.02 Å². The van der Waals surface area contributed by atoms with Crippen molar-refractivity contribution in [2.24, 2.45) is 0 Å².